The fraction of sp³-hybridized carbons (Fsp3) is 0.532. The number of fused-ring (bicyclic) bond motifs is 7. The minimum absolute atomic E-state index is 0.0766. The van der Waals surface area contributed by atoms with Gasteiger partial charge in [-0.25, -0.2) is 0 Å². The minimum Gasteiger partial charge on any atom is -0.393 e. The van der Waals surface area contributed by atoms with Crippen molar-refractivity contribution in [2.75, 3.05) is 0 Å². The maximum Gasteiger partial charge on any atom is 0.0577 e. The first kappa shape index (κ1) is 32.3. The van der Waals surface area contributed by atoms with E-state index in [0.29, 0.717) is 10.8 Å². The molecule has 0 bridgehead atoms. The van der Waals surface area contributed by atoms with Gasteiger partial charge in [0.1, 0.15) is 0 Å². The van der Waals surface area contributed by atoms with Crippen LogP contribution in [0.3, 0.4) is 0 Å². The van der Waals surface area contributed by atoms with Gasteiger partial charge in [-0.05, 0) is 141 Å². The first-order valence-corrected chi connectivity index (χ1v) is 19.6. The summed E-state index contributed by atoms with van der Waals surface area (Å²) < 4.78 is 0. The number of hydrogen-bond acceptors (Lipinski definition) is 1. The molecule has 3 saturated carbocycles. The highest BCUT2D eigenvalue weighted by Crippen LogP contribution is 2.67. The van der Waals surface area contributed by atoms with Gasteiger partial charge < -0.3 is 5.11 Å². The van der Waals surface area contributed by atoms with Crippen molar-refractivity contribution in [3.8, 4) is 0 Å². The number of allylic oxidation sites excluding steroid dienone is 1. The molecule has 1 nitrogen and oxygen atoms in total. The number of aliphatic hydroxyl groups excluding tert-OH is 1. The number of aliphatic hydroxyl groups is 1. The van der Waals surface area contributed by atoms with Crippen LogP contribution in [-0.2, 0) is 0 Å². The van der Waals surface area contributed by atoms with Gasteiger partial charge in [0, 0.05) is 0 Å². The summed E-state index contributed by atoms with van der Waals surface area (Å²) in [6.07, 6.45) is 17.2. The maximum absolute atomic E-state index is 10.2. The Morgan fingerprint density at radius 3 is 1.83 bits per heavy atom. The lowest BCUT2D eigenvalue weighted by Gasteiger charge is -2.58. The van der Waals surface area contributed by atoms with Gasteiger partial charge in [-0.2, -0.15) is 0 Å². The highest BCUT2D eigenvalue weighted by Gasteiger charge is 2.59. The number of benzene rings is 5. The lowest BCUT2D eigenvalue weighted by molar-refractivity contribution is -0.0573. The SMILES string of the molecule is CC(C)CCCC(C)[C@H]1CC[C@H]2[C@@H]3CC=C4C[C@@H](O)CC[C@]4(C)[C@H]3CC[C@]12C.c1cc2cccc3c4cccc5cccc(c(c1)c23)c54. The molecule has 5 aromatic rings. The van der Waals surface area contributed by atoms with E-state index in [-0.39, 0.29) is 6.10 Å². The van der Waals surface area contributed by atoms with Crippen LogP contribution in [0, 0.1) is 46.3 Å². The second-order valence-corrected chi connectivity index (χ2v) is 17.6. The van der Waals surface area contributed by atoms with E-state index in [1.165, 1.54) is 101 Å². The molecule has 0 aromatic heterocycles. The van der Waals surface area contributed by atoms with Gasteiger partial charge in [0.2, 0.25) is 0 Å². The van der Waals surface area contributed by atoms with Crippen molar-refractivity contribution in [2.45, 2.75) is 111 Å². The summed E-state index contributed by atoms with van der Waals surface area (Å²) in [5, 5.41) is 21.1. The van der Waals surface area contributed by atoms with Crippen molar-refractivity contribution in [3.63, 3.8) is 0 Å². The fourth-order valence-electron chi connectivity index (χ4n) is 12.2. The predicted molar refractivity (Wildman–Crippen MR) is 207 cm³/mol. The molecule has 1 heteroatoms. The van der Waals surface area contributed by atoms with Gasteiger partial charge in [-0.15, -0.1) is 0 Å². The van der Waals surface area contributed by atoms with Crippen LogP contribution in [0.25, 0.3) is 43.1 Å². The summed E-state index contributed by atoms with van der Waals surface area (Å²) in [5.74, 6) is 5.46. The van der Waals surface area contributed by atoms with E-state index in [0.717, 1.165) is 48.3 Å². The monoisotopic (exact) mass is 638 g/mol. The molecule has 0 aliphatic heterocycles. The van der Waals surface area contributed by atoms with Gasteiger partial charge >= 0.3 is 0 Å². The van der Waals surface area contributed by atoms with E-state index in [2.05, 4.69) is 113 Å². The van der Waals surface area contributed by atoms with Crippen LogP contribution >= 0.6 is 0 Å². The van der Waals surface area contributed by atoms with Crippen molar-refractivity contribution in [1.82, 2.24) is 0 Å². The molecule has 48 heavy (non-hydrogen) atoms. The summed E-state index contributed by atoms with van der Waals surface area (Å²) >= 11 is 0. The van der Waals surface area contributed by atoms with E-state index in [9.17, 15) is 5.11 Å². The third-order valence-corrected chi connectivity index (χ3v) is 14.7. The molecule has 0 amide bonds. The maximum atomic E-state index is 10.2. The third kappa shape index (κ3) is 5.21. The van der Waals surface area contributed by atoms with E-state index in [4.69, 9.17) is 0 Å². The van der Waals surface area contributed by atoms with Crippen LogP contribution in [0.15, 0.2) is 84.4 Å². The van der Waals surface area contributed by atoms with Gasteiger partial charge in [0.15, 0.2) is 0 Å². The second-order valence-electron chi connectivity index (χ2n) is 17.6. The van der Waals surface area contributed by atoms with Crippen molar-refractivity contribution < 1.29 is 5.11 Å². The molecule has 9 rings (SSSR count). The van der Waals surface area contributed by atoms with E-state index < -0.39 is 0 Å². The molecule has 0 radical (unpaired) electrons. The molecule has 4 aliphatic carbocycles. The van der Waals surface area contributed by atoms with Gasteiger partial charge in [0.05, 0.1) is 6.10 Å². The van der Waals surface area contributed by atoms with E-state index in [1.807, 2.05) is 0 Å². The van der Waals surface area contributed by atoms with Crippen LogP contribution in [-0.4, -0.2) is 11.2 Å². The molecular weight excluding hydrogens is 581 g/mol. The summed E-state index contributed by atoms with van der Waals surface area (Å²) in [7, 11) is 0. The summed E-state index contributed by atoms with van der Waals surface area (Å²) in [5.41, 5.74) is 2.60. The Kier molecular flexibility index (Phi) is 8.38. The lowest BCUT2D eigenvalue weighted by Crippen LogP contribution is -2.50. The van der Waals surface area contributed by atoms with Crippen molar-refractivity contribution in [3.05, 3.63) is 84.4 Å². The molecule has 0 saturated heterocycles. The molecule has 5 aromatic carbocycles. The quantitative estimate of drug-likeness (QED) is 0.115. The smallest absolute Gasteiger partial charge is 0.0577 e. The molecule has 8 atom stereocenters. The zero-order valence-electron chi connectivity index (χ0n) is 30.3. The topological polar surface area (TPSA) is 20.2 Å². The molecule has 0 heterocycles. The summed E-state index contributed by atoms with van der Waals surface area (Å²) in [6, 6.07) is 26.4. The molecule has 0 spiro atoms. The fourth-order valence-corrected chi connectivity index (χ4v) is 12.2. The average Bonchev–Trinajstić information content (AvgIpc) is 3.45. The van der Waals surface area contributed by atoms with Crippen molar-refractivity contribution >= 4 is 43.1 Å². The first-order valence-electron chi connectivity index (χ1n) is 19.6. The Morgan fingerprint density at radius 1 is 0.688 bits per heavy atom. The minimum atomic E-state index is -0.0766. The molecule has 3 fully saturated rings. The lowest BCUT2D eigenvalue weighted by atomic mass is 9.47. The Hall–Kier alpha value is -2.90. The second kappa shape index (κ2) is 12.5. The molecule has 4 aliphatic rings. The average molecular weight is 639 g/mol. The first-order chi connectivity index (χ1) is 23.2. The largest absolute Gasteiger partial charge is 0.393 e. The zero-order chi connectivity index (χ0) is 33.2. The Balaban J connectivity index is 0.000000147. The van der Waals surface area contributed by atoms with Crippen LogP contribution < -0.4 is 0 Å². The predicted octanol–water partition coefficient (Wildman–Crippen LogP) is 13.1. The van der Waals surface area contributed by atoms with Crippen LogP contribution in [0.4, 0.5) is 0 Å². The standard InChI is InChI=1S/C27H46O.C20H12/c1-18(2)7-6-8-19(3)23-11-12-24-22-10-9-20-17-21(28)13-15-26(20,4)25(22)14-16-27(23,24)5;1-5-13-6-2-11-17-18-12-4-8-14-7-3-10-16(20(14)18)15(9-1)19(13)17/h9,18-19,21-25,28H,6-8,10-17H2,1-5H3;1-12H/t19?,21-,22-,23+,24-,25-,26-,27+;/m0./s1. The van der Waals surface area contributed by atoms with E-state index >= 15 is 0 Å². The molecule has 1 N–H and O–H groups in total. The van der Waals surface area contributed by atoms with Crippen LogP contribution in [0.5, 0.6) is 0 Å². The third-order valence-electron chi connectivity index (χ3n) is 14.7. The summed E-state index contributed by atoms with van der Waals surface area (Å²) in [6.45, 7) is 12.6. The normalized spacial score (nSPS) is 32.1. The highest BCUT2D eigenvalue weighted by atomic mass is 16.3. The number of rotatable bonds is 5. The van der Waals surface area contributed by atoms with Crippen molar-refractivity contribution in [2.24, 2.45) is 46.3 Å². The number of hydrogen-bond donors (Lipinski definition) is 1. The van der Waals surface area contributed by atoms with Gasteiger partial charge in [-0.3, -0.25) is 0 Å². The van der Waals surface area contributed by atoms with E-state index in [1.54, 1.807) is 5.57 Å². The van der Waals surface area contributed by atoms with Crippen molar-refractivity contribution in [1.29, 1.82) is 0 Å². The Bertz CT molecular complexity index is 1780. The Labute approximate surface area is 289 Å². The van der Waals surface area contributed by atoms with Gasteiger partial charge in [0.25, 0.3) is 0 Å². The molecule has 1 unspecified atom stereocenters. The van der Waals surface area contributed by atoms with Gasteiger partial charge in [-0.1, -0.05) is 138 Å². The van der Waals surface area contributed by atoms with Crippen LogP contribution in [0.2, 0.25) is 0 Å². The summed E-state index contributed by atoms with van der Waals surface area (Å²) in [4.78, 5) is 0. The highest BCUT2D eigenvalue weighted by molar-refractivity contribution is 6.32. The Morgan fingerprint density at radius 2 is 1.27 bits per heavy atom. The van der Waals surface area contributed by atoms with Crippen LogP contribution in [0.1, 0.15) is 105 Å². The molecule has 252 valence electrons. The zero-order valence-corrected chi connectivity index (χ0v) is 30.3. The molecular formula is C47H58O.